The van der Waals surface area contributed by atoms with Gasteiger partial charge in [0.05, 0.1) is 0 Å². The molecule has 0 unspecified atom stereocenters. The average Bonchev–Trinajstić information content (AvgIpc) is 2.26. The molecular weight excluding hydrogens is 188 g/mol. The van der Waals surface area contributed by atoms with Crippen LogP contribution in [0.5, 0.6) is 0 Å². The van der Waals surface area contributed by atoms with E-state index < -0.39 is 0 Å². The maximum Gasteiger partial charge on any atom is 0.220 e. The molecule has 88 valence electrons. The van der Waals surface area contributed by atoms with Gasteiger partial charge in [-0.25, -0.2) is 0 Å². The Bertz CT molecular complexity index is 176. The number of rotatable bonds is 6. The molecule has 0 aromatic carbocycles. The van der Waals surface area contributed by atoms with Gasteiger partial charge in [0.1, 0.15) is 0 Å². The number of amides is 1. The molecule has 15 heavy (non-hydrogen) atoms. The Morgan fingerprint density at radius 2 is 2.27 bits per heavy atom. The Kier molecular flexibility index (Phi) is 6.41. The van der Waals surface area contributed by atoms with Crippen molar-refractivity contribution in [3.8, 4) is 0 Å². The third kappa shape index (κ3) is 5.78. The Labute approximate surface area is 93.0 Å². The molecule has 1 rings (SSSR count). The first-order valence-electron chi connectivity index (χ1n) is 6.33. The van der Waals surface area contributed by atoms with E-state index in [1.54, 1.807) is 0 Å². The highest BCUT2D eigenvalue weighted by atomic mass is 16.1. The highest BCUT2D eigenvalue weighted by molar-refractivity contribution is 5.76. The number of hydrogen-bond acceptors (Lipinski definition) is 2. The van der Waals surface area contributed by atoms with Crippen LogP contribution >= 0.6 is 0 Å². The minimum absolute atomic E-state index is 0.236. The first-order valence-corrected chi connectivity index (χ1v) is 6.33. The normalized spacial score (nSPS) is 21.3. The van der Waals surface area contributed by atoms with E-state index in [1.807, 2.05) is 0 Å². The van der Waals surface area contributed by atoms with Crippen molar-refractivity contribution < 1.29 is 4.79 Å². The van der Waals surface area contributed by atoms with Crippen LogP contribution in [0.3, 0.4) is 0 Å². The molecule has 0 radical (unpaired) electrons. The van der Waals surface area contributed by atoms with Crippen LogP contribution in [0.2, 0.25) is 0 Å². The fourth-order valence-electron chi connectivity index (χ4n) is 1.99. The van der Waals surface area contributed by atoms with Crippen LogP contribution in [0.1, 0.15) is 51.9 Å². The number of carbonyl (C=O) groups excluding carboxylic acids is 1. The molecule has 0 spiro atoms. The van der Waals surface area contributed by atoms with Crippen LogP contribution in [0, 0.1) is 0 Å². The Morgan fingerprint density at radius 1 is 1.40 bits per heavy atom. The maximum absolute atomic E-state index is 11.5. The zero-order valence-corrected chi connectivity index (χ0v) is 9.85. The molecular formula is C12H24N2O. The summed E-state index contributed by atoms with van der Waals surface area (Å²) in [5, 5.41) is 6.40. The van der Waals surface area contributed by atoms with E-state index in [2.05, 4.69) is 17.6 Å². The number of hydrogen-bond donors (Lipinski definition) is 2. The Morgan fingerprint density at radius 3 is 2.93 bits per heavy atom. The van der Waals surface area contributed by atoms with Gasteiger partial charge >= 0.3 is 0 Å². The molecule has 1 heterocycles. The zero-order chi connectivity index (χ0) is 10.9. The largest absolute Gasteiger partial charge is 0.352 e. The molecule has 1 amide bonds. The third-order valence-corrected chi connectivity index (χ3v) is 2.92. The molecule has 1 fully saturated rings. The van der Waals surface area contributed by atoms with Crippen LogP contribution in [0.15, 0.2) is 0 Å². The second-order valence-electron chi connectivity index (χ2n) is 4.42. The van der Waals surface area contributed by atoms with Gasteiger partial charge in [0.2, 0.25) is 5.91 Å². The molecule has 3 heteroatoms. The second-order valence-corrected chi connectivity index (χ2v) is 4.42. The van der Waals surface area contributed by atoms with Crippen molar-refractivity contribution in [2.24, 2.45) is 0 Å². The van der Waals surface area contributed by atoms with Crippen molar-refractivity contribution in [1.82, 2.24) is 10.6 Å². The van der Waals surface area contributed by atoms with E-state index in [-0.39, 0.29) is 5.91 Å². The lowest BCUT2D eigenvalue weighted by molar-refractivity contribution is -0.122. The molecule has 0 aromatic rings. The van der Waals surface area contributed by atoms with Crippen molar-refractivity contribution >= 4 is 5.91 Å². The zero-order valence-electron chi connectivity index (χ0n) is 9.85. The van der Waals surface area contributed by atoms with Crippen LogP contribution < -0.4 is 10.6 Å². The smallest absolute Gasteiger partial charge is 0.220 e. The molecule has 3 nitrogen and oxygen atoms in total. The quantitative estimate of drug-likeness (QED) is 0.659. The van der Waals surface area contributed by atoms with Crippen LogP contribution in [-0.4, -0.2) is 25.0 Å². The molecule has 1 aliphatic rings. The van der Waals surface area contributed by atoms with Crippen molar-refractivity contribution in [2.75, 3.05) is 13.1 Å². The minimum Gasteiger partial charge on any atom is -0.352 e. The van der Waals surface area contributed by atoms with Gasteiger partial charge in [-0.15, -0.1) is 0 Å². The van der Waals surface area contributed by atoms with Crippen molar-refractivity contribution in [3.05, 3.63) is 0 Å². The van der Waals surface area contributed by atoms with E-state index >= 15 is 0 Å². The van der Waals surface area contributed by atoms with E-state index in [4.69, 9.17) is 0 Å². The van der Waals surface area contributed by atoms with Crippen molar-refractivity contribution in [3.63, 3.8) is 0 Å². The lowest BCUT2D eigenvalue weighted by Crippen LogP contribution is -2.45. The Balaban J connectivity index is 2.01. The summed E-state index contributed by atoms with van der Waals surface area (Å²) >= 11 is 0. The summed E-state index contributed by atoms with van der Waals surface area (Å²) in [6.45, 7) is 4.23. The highest BCUT2D eigenvalue weighted by Gasteiger charge is 2.14. The van der Waals surface area contributed by atoms with Gasteiger partial charge in [0.15, 0.2) is 0 Å². The fourth-order valence-corrected chi connectivity index (χ4v) is 1.99. The molecule has 1 saturated heterocycles. The van der Waals surface area contributed by atoms with Gasteiger partial charge in [-0.2, -0.15) is 0 Å². The molecule has 2 N–H and O–H groups in total. The predicted molar refractivity (Wildman–Crippen MR) is 62.8 cm³/mol. The van der Waals surface area contributed by atoms with Gasteiger partial charge in [-0.3, -0.25) is 4.79 Å². The maximum atomic E-state index is 11.5. The molecule has 1 atom stereocenters. The number of nitrogens with one attached hydrogen (secondary N) is 2. The minimum atomic E-state index is 0.236. The van der Waals surface area contributed by atoms with Crippen LogP contribution in [-0.2, 0) is 4.79 Å². The standard InChI is InChI=1S/C12H24N2O/c1-2-3-4-5-8-12(15)14-11-7-6-9-13-10-11/h11,13H,2-10H2,1H3,(H,14,15)/t11-/m1/s1. The topological polar surface area (TPSA) is 41.1 Å². The molecule has 0 aromatic heterocycles. The van der Waals surface area contributed by atoms with Crippen molar-refractivity contribution in [1.29, 1.82) is 0 Å². The molecule has 1 aliphatic heterocycles. The second kappa shape index (κ2) is 7.69. The van der Waals surface area contributed by atoms with Gasteiger partial charge in [0, 0.05) is 19.0 Å². The fraction of sp³-hybridized carbons (Fsp3) is 0.917. The first-order chi connectivity index (χ1) is 7.33. The monoisotopic (exact) mass is 212 g/mol. The van der Waals surface area contributed by atoms with Gasteiger partial charge in [-0.05, 0) is 25.8 Å². The summed E-state index contributed by atoms with van der Waals surface area (Å²) in [5.41, 5.74) is 0. The molecule has 0 bridgehead atoms. The summed E-state index contributed by atoms with van der Waals surface area (Å²) in [7, 11) is 0. The van der Waals surface area contributed by atoms with Crippen LogP contribution in [0.25, 0.3) is 0 Å². The molecule has 0 aliphatic carbocycles. The third-order valence-electron chi connectivity index (χ3n) is 2.92. The van der Waals surface area contributed by atoms with E-state index in [0.29, 0.717) is 12.5 Å². The average molecular weight is 212 g/mol. The summed E-state index contributed by atoms with van der Waals surface area (Å²) in [5.74, 6) is 0.236. The summed E-state index contributed by atoms with van der Waals surface area (Å²) in [6.07, 6.45) is 7.73. The van der Waals surface area contributed by atoms with Crippen molar-refractivity contribution in [2.45, 2.75) is 57.9 Å². The lowest BCUT2D eigenvalue weighted by atomic mass is 10.1. The number of piperidine rings is 1. The summed E-state index contributed by atoms with van der Waals surface area (Å²) < 4.78 is 0. The summed E-state index contributed by atoms with van der Waals surface area (Å²) in [4.78, 5) is 11.5. The van der Waals surface area contributed by atoms with Gasteiger partial charge in [0.25, 0.3) is 0 Å². The van der Waals surface area contributed by atoms with Crippen LogP contribution in [0.4, 0.5) is 0 Å². The SMILES string of the molecule is CCCCCCC(=O)N[C@@H]1CCCNC1. The lowest BCUT2D eigenvalue weighted by Gasteiger charge is -2.23. The first kappa shape index (κ1) is 12.5. The molecule has 0 saturated carbocycles. The number of carbonyl (C=O) groups is 1. The number of unbranched alkanes of at least 4 members (excludes halogenated alkanes) is 3. The highest BCUT2D eigenvalue weighted by Crippen LogP contribution is 2.04. The van der Waals surface area contributed by atoms with E-state index in [9.17, 15) is 4.79 Å². The predicted octanol–water partition coefficient (Wildman–Crippen LogP) is 1.82. The van der Waals surface area contributed by atoms with Gasteiger partial charge < -0.3 is 10.6 Å². The summed E-state index contributed by atoms with van der Waals surface area (Å²) in [6, 6.07) is 0.373. The van der Waals surface area contributed by atoms with Gasteiger partial charge in [-0.1, -0.05) is 26.2 Å². The Hall–Kier alpha value is -0.570. The van der Waals surface area contributed by atoms with E-state index in [0.717, 1.165) is 25.9 Å². The van der Waals surface area contributed by atoms with E-state index in [1.165, 1.54) is 25.7 Å².